The molecule has 3 atom stereocenters. The molecule has 0 aromatic heterocycles. The van der Waals surface area contributed by atoms with Crippen molar-refractivity contribution in [3.05, 3.63) is 35.4 Å². The second kappa shape index (κ2) is 8.13. The van der Waals surface area contributed by atoms with Crippen LogP contribution in [0.5, 0.6) is 0 Å². The van der Waals surface area contributed by atoms with Crippen molar-refractivity contribution in [2.24, 2.45) is 5.92 Å². The van der Waals surface area contributed by atoms with Gasteiger partial charge in [-0.25, -0.2) is 0 Å². The van der Waals surface area contributed by atoms with E-state index >= 15 is 0 Å². The summed E-state index contributed by atoms with van der Waals surface area (Å²) in [6, 6.07) is 8.75. The smallest absolute Gasteiger partial charge is 0.225 e. The van der Waals surface area contributed by atoms with E-state index in [-0.39, 0.29) is 18.6 Å². The van der Waals surface area contributed by atoms with Crippen LogP contribution >= 0.6 is 0 Å². The fraction of sp³-hybridized carbons (Fsp3) is 0.650. The van der Waals surface area contributed by atoms with Gasteiger partial charge in [0, 0.05) is 31.1 Å². The summed E-state index contributed by atoms with van der Waals surface area (Å²) in [4.78, 5) is 14.7. The average molecular weight is 330 g/mol. The SMILES string of the molecule is CC(N[C@H]1CC[C@@H](C(=O)N2CCCCC2)C1)c1cccc(CO)c1. The number of aliphatic hydroxyl groups excluding tert-OH is 1. The second-order valence-corrected chi connectivity index (χ2v) is 7.38. The van der Waals surface area contributed by atoms with Crippen LogP contribution in [0.3, 0.4) is 0 Å². The molecule has 2 fully saturated rings. The van der Waals surface area contributed by atoms with Gasteiger partial charge in [0.1, 0.15) is 0 Å². The van der Waals surface area contributed by atoms with Crippen LogP contribution in [0, 0.1) is 5.92 Å². The number of nitrogens with one attached hydrogen (secondary N) is 1. The normalized spacial score (nSPS) is 25.7. The van der Waals surface area contributed by atoms with Crippen LogP contribution in [-0.4, -0.2) is 35.0 Å². The van der Waals surface area contributed by atoms with Gasteiger partial charge >= 0.3 is 0 Å². The van der Waals surface area contributed by atoms with Crippen molar-refractivity contribution in [2.45, 2.75) is 64.1 Å². The lowest BCUT2D eigenvalue weighted by atomic mass is 10.0. The van der Waals surface area contributed by atoms with Crippen molar-refractivity contribution in [3.8, 4) is 0 Å². The minimum Gasteiger partial charge on any atom is -0.392 e. The summed E-state index contributed by atoms with van der Waals surface area (Å²) >= 11 is 0. The summed E-state index contributed by atoms with van der Waals surface area (Å²) < 4.78 is 0. The summed E-state index contributed by atoms with van der Waals surface area (Å²) in [7, 11) is 0. The van der Waals surface area contributed by atoms with E-state index in [1.54, 1.807) is 0 Å². The van der Waals surface area contributed by atoms with Crippen molar-refractivity contribution < 1.29 is 9.90 Å². The van der Waals surface area contributed by atoms with Gasteiger partial charge in [-0.05, 0) is 56.6 Å². The lowest BCUT2D eigenvalue weighted by molar-refractivity contribution is -0.136. The van der Waals surface area contributed by atoms with Crippen LogP contribution in [0.4, 0.5) is 0 Å². The third-order valence-electron chi connectivity index (χ3n) is 5.57. The first-order valence-electron chi connectivity index (χ1n) is 9.42. The highest BCUT2D eigenvalue weighted by molar-refractivity contribution is 5.79. The number of benzene rings is 1. The average Bonchev–Trinajstić information content (AvgIpc) is 3.10. The van der Waals surface area contributed by atoms with Crippen molar-refractivity contribution >= 4 is 5.91 Å². The Bertz CT molecular complexity index is 554. The van der Waals surface area contributed by atoms with Crippen LogP contribution in [0.15, 0.2) is 24.3 Å². The quantitative estimate of drug-likeness (QED) is 0.872. The van der Waals surface area contributed by atoms with E-state index in [0.29, 0.717) is 11.9 Å². The number of aliphatic hydroxyl groups is 1. The van der Waals surface area contributed by atoms with Gasteiger partial charge in [0.05, 0.1) is 6.61 Å². The number of piperidine rings is 1. The zero-order valence-corrected chi connectivity index (χ0v) is 14.7. The standard InChI is InChI=1S/C20H30N2O2/c1-15(17-7-5-6-16(12-17)14-23)21-19-9-8-18(13-19)20(24)22-10-3-2-4-11-22/h5-7,12,15,18-19,21,23H,2-4,8-11,13-14H2,1H3/t15?,18-,19+/m1/s1. The molecule has 1 unspecified atom stereocenters. The molecule has 0 bridgehead atoms. The second-order valence-electron chi connectivity index (χ2n) is 7.38. The maximum Gasteiger partial charge on any atom is 0.225 e. The van der Waals surface area contributed by atoms with Gasteiger partial charge in [0.25, 0.3) is 0 Å². The summed E-state index contributed by atoms with van der Waals surface area (Å²) in [6.45, 7) is 4.15. The Labute approximate surface area is 145 Å². The lowest BCUT2D eigenvalue weighted by Gasteiger charge is -2.29. The highest BCUT2D eigenvalue weighted by atomic mass is 16.3. The Morgan fingerprint density at radius 1 is 1.29 bits per heavy atom. The lowest BCUT2D eigenvalue weighted by Crippen LogP contribution is -2.39. The van der Waals surface area contributed by atoms with Gasteiger partial charge < -0.3 is 15.3 Å². The van der Waals surface area contributed by atoms with Crippen molar-refractivity contribution in [2.75, 3.05) is 13.1 Å². The van der Waals surface area contributed by atoms with Crippen LogP contribution in [-0.2, 0) is 11.4 Å². The van der Waals surface area contributed by atoms with Gasteiger partial charge in [-0.3, -0.25) is 4.79 Å². The minimum atomic E-state index is 0.0798. The van der Waals surface area contributed by atoms with E-state index in [1.807, 2.05) is 12.1 Å². The van der Waals surface area contributed by atoms with E-state index < -0.39 is 0 Å². The molecule has 3 rings (SSSR count). The number of hydrogen-bond acceptors (Lipinski definition) is 3. The summed E-state index contributed by atoms with van der Waals surface area (Å²) in [5.41, 5.74) is 2.15. The van der Waals surface area contributed by atoms with E-state index in [1.165, 1.54) is 24.8 Å². The molecule has 0 radical (unpaired) electrons. The van der Waals surface area contributed by atoms with Gasteiger partial charge in [-0.15, -0.1) is 0 Å². The van der Waals surface area contributed by atoms with Gasteiger partial charge in [0.15, 0.2) is 0 Å². The highest BCUT2D eigenvalue weighted by Gasteiger charge is 2.33. The van der Waals surface area contributed by atoms with Crippen molar-refractivity contribution in [3.63, 3.8) is 0 Å². The molecular weight excluding hydrogens is 300 g/mol. The molecular formula is C20H30N2O2. The predicted octanol–water partition coefficient (Wildman–Crippen LogP) is 3.01. The summed E-state index contributed by atoms with van der Waals surface area (Å²) in [5.74, 6) is 0.588. The minimum absolute atomic E-state index is 0.0798. The molecule has 1 amide bonds. The van der Waals surface area contributed by atoms with Crippen LogP contribution in [0.2, 0.25) is 0 Å². The van der Waals surface area contributed by atoms with E-state index in [4.69, 9.17) is 0 Å². The number of rotatable bonds is 5. The van der Waals surface area contributed by atoms with E-state index in [0.717, 1.165) is 37.9 Å². The van der Waals surface area contributed by atoms with E-state index in [2.05, 4.69) is 29.3 Å². The number of carbonyl (C=O) groups excluding carboxylic acids is 1. The number of nitrogens with zero attached hydrogens (tertiary/aromatic N) is 1. The first-order valence-corrected chi connectivity index (χ1v) is 9.42. The molecule has 1 saturated carbocycles. The molecule has 132 valence electrons. The molecule has 1 aromatic rings. The molecule has 1 aliphatic heterocycles. The molecule has 4 heteroatoms. The molecule has 0 spiro atoms. The molecule has 2 N–H and O–H groups in total. The molecule has 1 heterocycles. The Balaban J connectivity index is 1.52. The third kappa shape index (κ3) is 4.17. The fourth-order valence-corrected chi connectivity index (χ4v) is 4.14. The van der Waals surface area contributed by atoms with Crippen molar-refractivity contribution in [1.29, 1.82) is 0 Å². The molecule has 1 saturated heterocycles. The number of amides is 1. The third-order valence-corrected chi connectivity index (χ3v) is 5.57. The Morgan fingerprint density at radius 3 is 2.83 bits per heavy atom. The molecule has 4 nitrogen and oxygen atoms in total. The largest absolute Gasteiger partial charge is 0.392 e. The summed E-state index contributed by atoms with van der Waals surface area (Å²) in [5, 5.41) is 13.0. The van der Waals surface area contributed by atoms with Gasteiger partial charge in [0.2, 0.25) is 5.91 Å². The monoisotopic (exact) mass is 330 g/mol. The Hall–Kier alpha value is -1.39. The van der Waals surface area contributed by atoms with Crippen molar-refractivity contribution in [1.82, 2.24) is 10.2 Å². The maximum absolute atomic E-state index is 12.7. The molecule has 1 aliphatic carbocycles. The van der Waals surface area contributed by atoms with Crippen LogP contribution in [0.1, 0.15) is 62.6 Å². The fourth-order valence-electron chi connectivity index (χ4n) is 4.14. The Kier molecular flexibility index (Phi) is 5.90. The number of carbonyl (C=O) groups is 1. The highest BCUT2D eigenvalue weighted by Crippen LogP contribution is 2.30. The predicted molar refractivity (Wildman–Crippen MR) is 95.5 cm³/mol. The molecule has 2 aliphatic rings. The maximum atomic E-state index is 12.7. The number of likely N-dealkylation sites (tertiary alicyclic amines) is 1. The summed E-state index contributed by atoms with van der Waals surface area (Å²) in [6.07, 6.45) is 6.64. The van der Waals surface area contributed by atoms with Gasteiger partial charge in [-0.2, -0.15) is 0 Å². The first-order chi connectivity index (χ1) is 11.7. The number of hydrogen-bond donors (Lipinski definition) is 2. The van der Waals surface area contributed by atoms with Crippen LogP contribution < -0.4 is 5.32 Å². The van der Waals surface area contributed by atoms with Crippen LogP contribution in [0.25, 0.3) is 0 Å². The molecule has 1 aromatic carbocycles. The topological polar surface area (TPSA) is 52.6 Å². The zero-order chi connectivity index (χ0) is 16.9. The van der Waals surface area contributed by atoms with E-state index in [9.17, 15) is 9.90 Å². The zero-order valence-electron chi connectivity index (χ0n) is 14.7. The van der Waals surface area contributed by atoms with Gasteiger partial charge in [-0.1, -0.05) is 24.3 Å². The Morgan fingerprint density at radius 2 is 2.08 bits per heavy atom. The first kappa shape index (κ1) is 17.4. The molecule has 24 heavy (non-hydrogen) atoms.